The van der Waals surface area contributed by atoms with E-state index in [-0.39, 0.29) is 22.8 Å². The summed E-state index contributed by atoms with van der Waals surface area (Å²) in [6.07, 6.45) is 0.495. The number of hydrogen-bond donors (Lipinski definition) is 2. The second-order valence-corrected chi connectivity index (χ2v) is 5.33. The first-order chi connectivity index (χ1) is 12.4. The van der Waals surface area contributed by atoms with Crippen molar-refractivity contribution in [2.75, 3.05) is 18.9 Å². The van der Waals surface area contributed by atoms with Crippen LogP contribution in [0.5, 0.6) is 0 Å². The number of ether oxygens (including phenoxy) is 1. The van der Waals surface area contributed by atoms with Crippen molar-refractivity contribution in [1.82, 2.24) is 5.32 Å². The van der Waals surface area contributed by atoms with Gasteiger partial charge in [0.2, 0.25) is 0 Å². The lowest BCUT2D eigenvalue weighted by Gasteiger charge is -2.08. The van der Waals surface area contributed by atoms with E-state index in [1.54, 1.807) is 12.1 Å². The highest BCUT2D eigenvalue weighted by atomic mass is 19.1. The van der Waals surface area contributed by atoms with Crippen LogP contribution in [0.1, 0.15) is 15.9 Å². The van der Waals surface area contributed by atoms with Gasteiger partial charge in [0.05, 0.1) is 16.2 Å². The molecule has 0 bridgehead atoms. The fraction of sp³-hybridized carbons (Fsp3) is 0.176. The summed E-state index contributed by atoms with van der Waals surface area (Å²) in [5.74, 6) is -1.71. The number of hydrogen-bond acceptors (Lipinski definition) is 6. The number of non-ortho nitro benzene ring substituents is 1. The Balaban J connectivity index is 1.78. The summed E-state index contributed by atoms with van der Waals surface area (Å²) in [6.45, 7) is -0.222. The molecule has 9 heteroatoms. The molecule has 0 aromatic heterocycles. The Morgan fingerprint density at radius 2 is 1.88 bits per heavy atom. The molecule has 0 atom stereocenters. The molecule has 8 nitrogen and oxygen atoms in total. The van der Waals surface area contributed by atoms with Crippen molar-refractivity contribution in [3.63, 3.8) is 0 Å². The molecule has 2 aromatic carbocycles. The Morgan fingerprint density at radius 1 is 1.19 bits per heavy atom. The van der Waals surface area contributed by atoms with E-state index in [0.717, 1.165) is 17.7 Å². The smallest absolute Gasteiger partial charge is 0.340 e. The van der Waals surface area contributed by atoms with Gasteiger partial charge in [0, 0.05) is 18.7 Å². The van der Waals surface area contributed by atoms with Crippen molar-refractivity contribution in [2.45, 2.75) is 6.42 Å². The van der Waals surface area contributed by atoms with Gasteiger partial charge in [-0.15, -0.1) is 0 Å². The molecule has 0 spiro atoms. The molecule has 2 rings (SSSR count). The van der Waals surface area contributed by atoms with E-state index in [1.807, 2.05) is 0 Å². The van der Waals surface area contributed by atoms with Crippen LogP contribution in [0.4, 0.5) is 15.8 Å². The molecular formula is C17H16FN3O5. The number of nitro groups is 1. The van der Waals surface area contributed by atoms with Crippen molar-refractivity contribution < 1.29 is 23.6 Å². The Morgan fingerprint density at radius 3 is 2.50 bits per heavy atom. The average Bonchev–Trinajstić information content (AvgIpc) is 2.61. The Hall–Kier alpha value is -3.49. The van der Waals surface area contributed by atoms with Crippen LogP contribution in [0.3, 0.4) is 0 Å². The number of nitro benzene ring substituents is 1. The zero-order valence-corrected chi connectivity index (χ0v) is 13.6. The largest absolute Gasteiger partial charge is 0.452 e. The third kappa shape index (κ3) is 5.26. The minimum atomic E-state index is -0.855. The summed E-state index contributed by atoms with van der Waals surface area (Å²) in [5.41, 5.74) is 6.02. The molecule has 0 saturated carbocycles. The van der Waals surface area contributed by atoms with Crippen molar-refractivity contribution in [3.8, 4) is 0 Å². The quantitative estimate of drug-likeness (QED) is 0.335. The van der Waals surface area contributed by atoms with Gasteiger partial charge in [-0.25, -0.2) is 9.18 Å². The number of esters is 1. The van der Waals surface area contributed by atoms with E-state index in [4.69, 9.17) is 10.5 Å². The third-order valence-electron chi connectivity index (χ3n) is 3.45. The highest BCUT2D eigenvalue weighted by molar-refractivity contribution is 5.96. The molecule has 3 N–H and O–H groups in total. The maximum absolute atomic E-state index is 12.8. The second kappa shape index (κ2) is 8.56. The molecule has 0 unspecified atom stereocenters. The van der Waals surface area contributed by atoms with E-state index in [0.29, 0.717) is 13.0 Å². The van der Waals surface area contributed by atoms with Crippen LogP contribution in [0.25, 0.3) is 0 Å². The molecule has 2 aromatic rings. The first-order valence-corrected chi connectivity index (χ1v) is 7.59. The molecule has 136 valence electrons. The van der Waals surface area contributed by atoms with E-state index >= 15 is 0 Å². The molecule has 26 heavy (non-hydrogen) atoms. The third-order valence-corrected chi connectivity index (χ3v) is 3.45. The van der Waals surface area contributed by atoms with Crippen molar-refractivity contribution >= 4 is 23.3 Å². The van der Waals surface area contributed by atoms with Gasteiger partial charge in [-0.05, 0) is 30.2 Å². The van der Waals surface area contributed by atoms with Crippen LogP contribution >= 0.6 is 0 Å². The van der Waals surface area contributed by atoms with Gasteiger partial charge in [-0.1, -0.05) is 12.1 Å². The van der Waals surface area contributed by atoms with Gasteiger partial charge in [-0.3, -0.25) is 14.9 Å². The van der Waals surface area contributed by atoms with E-state index < -0.39 is 23.4 Å². The number of nitrogens with zero attached hydrogens (tertiary/aromatic N) is 1. The standard InChI is InChI=1S/C17H16FN3O5/c18-12-3-1-11(2-4-12)7-8-20-16(22)10-26-17(23)14-6-5-13(21(24)25)9-15(14)19/h1-6,9H,7-8,10,19H2,(H,20,22). The zero-order chi connectivity index (χ0) is 19.1. The van der Waals surface area contributed by atoms with Crippen LogP contribution in [0, 0.1) is 15.9 Å². The first-order valence-electron chi connectivity index (χ1n) is 7.59. The number of benzene rings is 2. The second-order valence-electron chi connectivity index (χ2n) is 5.33. The van der Waals surface area contributed by atoms with Crippen LogP contribution in [-0.4, -0.2) is 30.0 Å². The van der Waals surface area contributed by atoms with E-state index in [9.17, 15) is 24.1 Å². The van der Waals surface area contributed by atoms with Crippen molar-refractivity contribution in [3.05, 3.63) is 69.5 Å². The predicted molar refractivity (Wildman–Crippen MR) is 90.9 cm³/mol. The number of carbonyl (C=O) groups is 2. The molecule has 0 radical (unpaired) electrons. The van der Waals surface area contributed by atoms with Gasteiger partial charge < -0.3 is 15.8 Å². The summed E-state index contributed by atoms with van der Waals surface area (Å²) in [7, 11) is 0. The molecule has 1 amide bonds. The summed E-state index contributed by atoms with van der Waals surface area (Å²) in [4.78, 5) is 33.6. The molecule has 0 aliphatic carbocycles. The topological polar surface area (TPSA) is 125 Å². The Kier molecular flexibility index (Phi) is 6.20. The fourth-order valence-corrected chi connectivity index (χ4v) is 2.11. The van der Waals surface area contributed by atoms with Crippen molar-refractivity contribution in [2.24, 2.45) is 0 Å². The van der Waals surface area contributed by atoms with E-state index in [1.165, 1.54) is 18.2 Å². The van der Waals surface area contributed by atoms with Crippen molar-refractivity contribution in [1.29, 1.82) is 0 Å². The van der Waals surface area contributed by atoms with E-state index in [2.05, 4.69) is 5.32 Å². The van der Waals surface area contributed by atoms with Gasteiger partial charge in [-0.2, -0.15) is 0 Å². The lowest BCUT2D eigenvalue weighted by Crippen LogP contribution is -2.30. The SMILES string of the molecule is Nc1cc([N+](=O)[O-])ccc1C(=O)OCC(=O)NCCc1ccc(F)cc1. The minimum Gasteiger partial charge on any atom is -0.452 e. The maximum atomic E-state index is 12.8. The average molecular weight is 361 g/mol. The van der Waals surface area contributed by atoms with Crippen LogP contribution < -0.4 is 11.1 Å². The number of rotatable bonds is 7. The fourth-order valence-electron chi connectivity index (χ4n) is 2.11. The number of anilines is 1. The van der Waals surface area contributed by atoms with Crippen LogP contribution in [0.2, 0.25) is 0 Å². The molecular weight excluding hydrogens is 345 g/mol. The highest BCUT2D eigenvalue weighted by Crippen LogP contribution is 2.20. The number of halogens is 1. The lowest BCUT2D eigenvalue weighted by atomic mass is 10.1. The lowest BCUT2D eigenvalue weighted by molar-refractivity contribution is -0.384. The van der Waals surface area contributed by atoms with Gasteiger partial charge in [0.15, 0.2) is 6.61 Å². The normalized spacial score (nSPS) is 10.2. The van der Waals surface area contributed by atoms with Gasteiger partial charge in [0.25, 0.3) is 11.6 Å². The predicted octanol–water partition coefficient (Wildman–Crippen LogP) is 1.83. The highest BCUT2D eigenvalue weighted by Gasteiger charge is 2.16. The molecule has 0 aliphatic heterocycles. The number of nitrogens with two attached hydrogens (primary N) is 1. The summed E-state index contributed by atoms with van der Waals surface area (Å²) in [5, 5.41) is 13.2. The Labute approximate surface area is 147 Å². The molecule has 0 heterocycles. The van der Waals surface area contributed by atoms with Gasteiger partial charge >= 0.3 is 5.97 Å². The van der Waals surface area contributed by atoms with Crippen LogP contribution in [-0.2, 0) is 16.0 Å². The monoisotopic (exact) mass is 361 g/mol. The molecule has 0 saturated heterocycles. The first kappa shape index (κ1) is 18.8. The minimum absolute atomic E-state index is 0.0605. The zero-order valence-electron chi connectivity index (χ0n) is 13.6. The molecule has 0 aliphatic rings. The number of nitrogen functional groups attached to an aromatic ring is 1. The molecule has 0 fully saturated rings. The maximum Gasteiger partial charge on any atom is 0.340 e. The van der Waals surface area contributed by atoms with Crippen LogP contribution in [0.15, 0.2) is 42.5 Å². The number of nitrogens with one attached hydrogen (secondary N) is 1. The Bertz CT molecular complexity index is 824. The number of carbonyl (C=O) groups excluding carboxylic acids is 2. The summed E-state index contributed by atoms with van der Waals surface area (Å²) in [6, 6.07) is 9.20. The summed E-state index contributed by atoms with van der Waals surface area (Å²) < 4.78 is 17.6. The van der Waals surface area contributed by atoms with Gasteiger partial charge in [0.1, 0.15) is 5.82 Å². The summed E-state index contributed by atoms with van der Waals surface area (Å²) >= 11 is 0. The number of amides is 1.